The molecular formula is C22H16F3N3O2. The summed E-state index contributed by atoms with van der Waals surface area (Å²) in [5, 5.41) is 3.24. The number of halogens is 3. The summed E-state index contributed by atoms with van der Waals surface area (Å²) in [6.45, 7) is 1.86. The van der Waals surface area contributed by atoms with Gasteiger partial charge in [-0.1, -0.05) is 6.07 Å². The van der Waals surface area contributed by atoms with Crippen LogP contribution in [0.4, 0.5) is 23.7 Å². The zero-order valence-corrected chi connectivity index (χ0v) is 15.8. The standard InChI is InChI=1S/C22H16F3N3O2/c1-14-11-19(7-9-26-14)30-18-5-6-20-15(12-18)8-10-28(20)21(29)27-17-4-2-3-16(13-17)22(23,24)25/h2-13H,1H3,(H,27,29). The van der Waals surface area contributed by atoms with Crippen molar-refractivity contribution in [3.63, 3.8) is 0 Å². The van der Waals surface area contributed by atoms with Crippen molar-refractivity contribution in [3.05, 3.63) is 84.3 Å². The van der Waals surface area contributed by atoms with Crippen LogP contribution in [-0.4, -0.2) is 15.6 Å². The van der Waals surface area contributed by atoms with Crippen molar-refractivity contribution in [1.82, 2.24) is 9.55 Å². The molecule has 2 heterocycles. The van der Waals surface area contributed by atoms with E-state index in [2.05, 4.69) is 10.3 Å². The quantitative estimate of drug-likeness (QED) is 0.434. The number of hydrogen-bond donors (Lipinski definition) is 1. The summed E-state index contributed by atoms with van der Waals surface area (Å²) in [5.74, 6) is 1.23. The third kappa shape index (κ3) is 4.12. The van der Waals surface area contributed by atoms with Gasteiger partial charge in [-0.15, -0.1) is 0 Å². The number of carbonyl (C=O) groups is 1. The van der Waals surface area contributed by atoms with Gasteiger partial charge in [0.2, 0.25) is 0 Å². The number of anilines is 1. The van der Waals surface area contributed by atoms with Gasteiger partial charge in [-0.2, -0.15) is 13.2 Å². The number of alkyl halides is 3. The molecule has 0 aliphatic rings. The number of nitrogens with zero attached hydrogens (tertiary/aromatic N) is 2. The van der Waals surface area contributed by atoms with Gasteiger partial charge in [-0.3, -0.25) is 9.55 Å². The first-order chi connectivity index (χ1) is 14.3. The third-order valence-corrected chi connectivity index (χ3v) is 4.43. The van der Waals surface area contributed by atoms with Gasteiger partial charge in [0.05, 0.1) is 11.1 Å². The summed E-state index contributed by atoms with van der Waals surface area (Å²) in [6, 6.07) is 14.4. The number of aromatic nitrogens is 2. The Kier molecular flexibility index (Phi) is 4.91. The second kappa shape index (κ2) is 7.55. The highest BCUT2D eigenvalue weighted by atomic mass is 19.4. The van der Waals surface area contributed by atoms with Crippen molar-refractivity contribution in [3.8, 4) is 11.5 Å². The molecule has 0 unspecified atom stereocenters. The summed E-state index contributed by atoms with van der Waals surface area (Å²) < 4.78 is 45.8. The van der Waals surface area contributed by atoms with Crippen LogP contribution in [0.3, 0.4) is 0 Å². The first-order valence-corrected chi connectivity index (χ1v) is 9.00. The fraction of sp³-hybridized carbons (Fsp3) is 0.0909. The molecule has 2 aromatic heterocycles. The Balaban J connectivity index is 1.55. The lowest BCUT2D eigenvalue weighted by Crippen LogP contribution is -2.18. The van der Waals surface area contributed by atoms with E-state index >= 15 is 0 Å². The van der Waals surface area contributed by atoms with Crippen molar-refractivity contribution >= 4 is 22.6 Å². The molecule has 0 saturated carbocycles. The van der Waals surface area contributed by atoms with Crippen molar-refractivity contribution in [2.75, 3.05) is 5.32 Å². The summed E-state index contributed by atoms with van der Waals surface area (Å²) in [6.07, 6.45) is -1.28. The molecule has 0 fully saturated rings. The summed E-state index contributed by atoms with van der Waals surface area (Å²) in [7, 11) is 0. The van der Waals surface area contributed by atoms with Crippen LogP contribution in [0.15, 0.2) is 73.1 Å². The zero-order valence-electron chi connectivity index (χ0n) is 15.8. The molecule has 0 aliphatic carbocycles. The number of nitrogens with one attached hydrogen (secondary N) is 1. The summed E-state index contributed by atoms with van der Waals surface area (Å²) >= 11 is 0. The second-order valence-electron chi connectivity index (χ2n) is 6.65. The van der Waals surface area contributed by atoms with Crippen LogP contribution in [0.2, 0.25) is 0 Å². The van der Waals surface area contributed by atoms with Gasteiger partial charge in [0.25, 0.3) is 0 Å². The van der Waals surface area contributed by atoms with Gasteiger partial charge in [0.1, 0.15) is 11.5 Å². The minimum absolute atomic E-state index is 0.0599. The highest BCUT2D eigenvalue weighted by Crippen LogP contribution is 2.31. The second-order valence-corrected chi connectivity index (χ2v) is 6.65. The van der Waals surface area contributed by atoms with Crippen LogP contribution in [0, 0.1) is 6.92 Å². The van der Waals surface area contributed by atoms with E-state index in [1.807, 2.05) is 6.92 Å². The minimum atomic E-state index is -4.48. The zero-order chi connectivity index (χ0) is 21.3. The molecule has 5 nitrogen and oxygen atoms in total. The lowest BCUT2D eigenvalue weighted by Gasteiger charge is -2.11. The third-order valence-electron chi connectivity index (χ3n) is 4.43. The molecule has 4 aromatic rings. The van der Waals surface area contributed by atoms with Gasteiger partial charge in [0.15, 0.2) is 0 Å². The molecule has 0 spiro atoms. The van der Waals surface area contributed by atoms with Crippen LogP contribution in [0.1, 0.15) is 11.3 Å². The number of aryl methyl sites for hydroxylation is 1. The van der Waals surface area contributed by atoms with E-state index < -0.39 is 17.8 Å². The molecule has 8 heteroatoms. The molecule has 152 valence electrons. The molecule has 30 heavy (non-hydrogen) atoms. The molecule has 0 aliphatic heterocycles. The first-order valence-electron chi connectivity index (χ1n) is 9.00. The maximum Gasteiger partial charge on any atom is 0.416 e. The summed E-state index contributed by atoms with van der Waals surface area (Å²) in [4.78, 5) is 16.7. The highest BCUT2D eigenvalue weighted by molar-refractivity contribution is 5.98. The topological polar surface area (TPSA) is 56.1 Å². The monoisotopic (exact) mass is 411 g/mol. The number of benzene rings is 2. The maximum atomic E-state index is 12.9. The predicted octanol–water partition coefficient (Wildman–Crippen LogP) is 6.24. The van der Waals surface area contributed by atoms with Crippen LogP contribution in [0.25, 0.3) is 10.9 Å². The lowest BCUT2D eigenvalue weighted by atomic mass is 10.2. The Bertz CT molecular complexity index is 1230. The Morgan fingerprint density at radius 3 is 2.60 bits per heavy atom. The molecular weight excluding hydrogens is 395 g/mol. The number of pyridine rings is 1. The Morgan fingerprint density at radius 1 is 1.03 bits per heavy atom. The molecule has 0 atom stereocenters. The molecule has 0 saturated heterocycles. The van der Waals surface area contributed by atoms with Gasteiger partial charge in [-0.25, -0.2) is 4.79 Å². The Morgan fingerprint density at radius 2 is 1.83 bits per heavy atom. The number of rotatable bonds is 3. The van der Waals surface area contributed by atoms with Crippen molar-refractivity contribution in [1.29, 1.82) is 0 Å². The smallest absolute Gasteiger partial charge is 0.416 e. The number of fused-ring (bicyclic) bond motifs is 1. The van der Waals surface area contributed by atoms with E-state index in [1.54, 1.807) is 48.8 Å². The predicted molar refractivity (Wildman–Crippen MR) is 107 cm³/mol. The molecule has 4 rings (SSSR count). The SMILES string of the molecule is Cc1cc(Oc2ccc3c(ccn3C(=O)Nc3cccc(C(F)(F)F)c3)c2)ccn1. The van der Waals surface area contributed by atoms with E-state index in [-0.39, 0.29) is 5.69 Å². The molecule has 2 aromatic carbocycles. The van der Waals surface area contributed by atoms with Crippen molar-refractivity contribution in [2.24, 2.45) is 0 Å². The average Bonchev–Trinajstić information content (AvgIpc) is 3.11. The maximum absolute atomic E-state index is 12.9. The van der Waals surface area contributed by atoms with Gasteiger partial charge in [-0.05, 0) is 55.5 Å². The lowest BCUT2D eigenvalue weighted by molar-refractivity contribution is -0.137. The number of ether oxygens (including phenoxy) is 1. The molecule has 0 radical (unpaired) electrons. The number of hydrogen-bond acceptors (Lipinski definition) is 3. The first kappa shape index (κ1) is 19.5. The van der Waals surface area contributed by atoms with Crippen LogP contribution in [0.5, 0.6) is 11.5 Å². The van der Waals surface area contributed by atoms with E-state index in [1.165, 1.54) is 16.7 Å². The molecule has 1 amide bonds. The van der Waals surface area contributed by atoms with Crippen LogP contribution >= 0.6 is 0 Å². The van der Waals surface area contributed by atoms with Gasteiger partial charge in [0, 0.05) is 35.2 Å². The van der Waals surface area contributed by atoms with E-state index in [9.17, 15) is 18.0 Å². The van der Waals surface area contributed by atoms with Crippen molar-refractivity contribution < 1.29 is 22.7 Å². The largest absolute Gasteiger partial charge is 0.457 e. The van der Waals surface area contributed by atoms with Crippen LogP contribution < -0.4 is 10.1 Å². The van der Waals surface area contributed by atoms with Gasteiger partial charge >= 0.3 is 12.2 Å². The average molecular weight is 411 g/mol. The van der Waals surface area contributed by atoms with Gasteiger partial charge < -0.3 is 10.1 Å². The minimum Gasteiger partial charge on any atom is -0.457 e. The normalized spacial score (nSPS) is 11.5. The van der Waals surface area contributed by atoms with E-state index in [4.69, 9.17) is 4.74 Å². The van der Waals surface area contributed by atoms with Crippen LogP contribution in [-0.2, 0) is 6.18 Å². The van der Waals surface area contributed by atoms with E-state index in [0.717, 1.165) is 23.2 Å². The molecule has 0 bridgehead atoms. The number of amides is 1. The fourth-order valence-electron chi connectivity index (χ4n) is 3.04. The van der Waals surface area contributed by atoms with E-state index in [0.29, 0.717) is 17.0 Å². The Hall–Kier alpha value is -3.81. The fourth-order valence-corrected chi connectivity index (χ4v) is 3.04. The number of carbonyl (C=O) groups excluding carboxylic acids is 1. The Labute approximate surface area is 169 Å². The molecule has 1 N–H and O–H groups in total. The van der Waals surface area contributed by atoms with Crippen molar-refractivity contribution in [2.45, 2.75) is 13.1 Å². The summed E-state index contributed by atoms with van der Waals surface area (Å²) in [5.41, 5.74) is 0.652. The highest BCUT2D eigenvalue weighted by Gasteiger charge is 2.30.